The lowest BCUT2D eigenvalue weighted by Gasteiger charge is -2.16. The van der Waals surface area contributed by atoms with Gasteiger partial charge in [0.1, 0.15) is 11.6 Å². The summed E-state index contributed by atoms with van der Waals surface area (Å²) in [4.78, 5) is 0. The summed E-state index contributed by atoms with van der Waals surface area (Å²) in [6.45, 7) is 2.29. The molecule has 1 fully saturated rings. The van der Waals surface area contributed by atoms with E-state index in [1.165, 1.54) is 0 Å². The number of benzene rings is 1. The summed E-state index contributed by atoms with van der Waals surface area (Å²) in [7, 11) is 0. The first-order valence-corrected chi connectivity index (χ1v) is 5.38. The molecule has 4 heteroatoms. The lowest BCUT2D eigenvalue weighted by atomic mass is 10.1. The fraction of sp³-hybridized carbons (Fsp3) is 0.500. The van der Waals surface area contributed by atoms with E-state index in [4.69, 9.17) is 0 Å². The van der Waals surface area contributed by atoms with Gasteiger partial charge in [0.25, 0.3) is 0 Å². The first kappa shape index (κ1) is 11.5. The number of rotatable bonds is 4. The Morgan fingerprint density at radius 1 is 1.44 bits per heavy atom. The molecule has 2 nitrogen and oxygen atoms in total. The van der Waals surface area contributed by atoms with Crippen molar-refractivity contribution in [3.8, 4) is 0 Å². The molecule has 0 bridgehead atoms. The van der Waals surface area contributed by atoms with Crippen molar-refractivity contribution in [2.75, 3.05) is 6.54 Å². The first-order chi connectivity index (χ1) is 7.50. The van der Waals surface area contributed by atoms with Crippen LogP contribution in [0.3, 0.4) is 0 Å². The van der Waals surface area contributed by atoms with Crippen LogP contribution < -0.4 is 5.32 Å². The Kier molecular flexibility index (Phi) is 2.95. The summed E-state index contributed by atoms with van der Waals surface area (Å²) in [5.41, 5.74) is 0.0851. The molecule has 2 rings (SSSR count). The molecule has 0 aromatic heterocycles. The number of halogens is 2. The van der Waals surface area contributed by atoms with Gasteiger partial charge in [-0.05, 0) is 38.0 Å². The lowest BCUT2D eigenvalue weighted by molar-refractivity contribution is 0.164. The Hall–Kier alpha value is -1.00. The van der Waals surface area contributed by atoms with Crippen LogP contribution in [0.15, 0.2) is 18.2 Å². The average Bonchev–Trinajstić information content (AvgIpc) is 2.97. The van der Waals surface area contributed by atoms with E-state index in [0.29, 0.717) is 0 Å². The van der Waals surface area contributed by atoms with Crippen molar-refractivity contribution in [2.24, 2.45) is 0 Å². The Bertz CT molecular complexity index is 391. The third kappa shape index (κ3) is 2.57. The minimum Gasteiger partial charge on any atom is -0.387 e. The van der Waals surface area contributed by atoms with Gasteiger partial charge in [0, 0.05) is 17.6 Å². The molecule has 0 spiro atoms. The van der Waals surface area contributed by atoms with Crippen LogP contribution in [0.1, 0.15) is 31.4 Å². The maximum absolute atomic E-state index is 13.3. The molecule has 0 radical (unpaired) electrons. The zero-order valence-electron chi connectivity index (χ0n) is 9.13. The summed E-state index contributed by atoms with van der Waals surface area (Å²) in [6.07, 6.45) is 1.12. The van der Waals surface area contributed by atoms with Crippen molar-refractivity contribution in [3.63, 3.8) is 0 Å². The average molecular weight is 227 g/mol. The summed E-state index contributed by atoms with van der Waals surface area (Å²) in [6, 6.07) is 3.12. The minimum atomic E-state index is -1.01. The van der Waals surface area contributed by atoms with Gasteiger partial charge < -0.3 is 10.4 Å². The molecule has 2 N–H and O–H groups in total. The van der Waals surface area contributed by atoms with Crippen LogP contribution in [0.5, 0.6) is 0 Å². The highest BCUT2D eigenvalue weighted by Gasteiger charge is 2.37. The van der Waals surface area contributed by atoms with Crippen LogP contribution in [-0.4, -0.2) is 17.2 Å². The number of hydrogen-bond acceptors (Lipinski definition) is 2. The van der Waals surface area contributed by atoms with Gasteiger partial charge in [-0.1, -0.05) is 0 Å². The summed E-state index contributed by atoms with van der Waals surface area (Å²) < 4.78 is 26.2. The van der Waals surface area contributed by atoms with E-state index < -0.39 is 17.7 Å². The van der Waals surface area contributed by atoms with E-state index in [9.17, 15) is 13.9 Å². The van der Waals surface area contributed by atoms with Crippen molar-refractivity contribution >= 4 is 0 Å². The fourth-order valence-corrected chi connectivity index (χ4v) is 1.59. The SMILES string of the molecule is CC1(NCC(O)c2cc(F)ccc2F)CC1. The molecule has 0 heterocycles. The highest BCUT2D eigenvalue weighted by Crippen LogP contribution is 2.34. The third-order valence-electron chi connectivity index (χ3n) is 3.04. The molecular formula is C12H15F2NO. The van der Waals surface area contributed by atoms with Gasteiger partial charge in [0.15, 0.2) is 0 Å². The fourth-order valence-electron chi connectivity index (χ4n) is 1.59. The third-order valence-corrected chi connectivity index (χ3v) is 3.04. The number of nitrogens with one attached hydrogen (secondary N) is 1. The van der Waals surface area contributed by atoms with Crippen molar-refractivity contribution in [1.82, 2.24) is 5.32 Å². The summed E-state index contributed by atoms with van der Waals surface area (Å²) >= 11 is 0. The molecule has 1 aliphatic carbocycles. The van der Waals surface area contributed by atoms with E-state index >= 15 is 0 Å². The van der Waals surface area contributed by atoms with Crippen molar-refractivity contribution in [2.45, 2.75) is 31.4 Å². The monoisotopic (exact) mass is 227 g/mol. The van der Waals surface area contributed by atoms with Crippen molar-refractivity contribution < 1.29 is 13.9 Å². The zero-order valence-corrected chi connectivity index (χ0v) is 9.13. The molecule has 16 heavy (non-hydrogen) atoms. The van der Waals surface area contributed by atoms with Gasteiger partial charge in [0.2, 0.25) is 0 Å². The van der Waals surface area contributed by atoms with E-state index in [-0.39, 0.29) is 17.6 Å². The summed E-state index contributed by atoms with van der Waals surface area (Å²) in [5, 5.41) is 12.9. The molecule has 1 aliphatic rings. The number of β-amino-alcohol motifs (C(OH)–C–C–N with tert-alkyl or cyclic N) is 1. The quantitative estimate of drug-likeness (QED) is 0.826. The number of aliphatic hydroxyl groups excluding tert-OH is 1. The molecular weight excluding hydrogens is 212 g/mol. The molecule has 0 saturated heterocycles. The highest BCUT2D eigenvalue weighted by atomic mass is 19.1. The predicted octanol–water partition coefficient (Wildman–Crippen LogP) is 2.14. The molecule has 0 aliphatic heterocycles. The van der Waals surface area contributed by atoms with Crippen LogP contribution >= 0.6 is 0 Å². The van der Waals surface area contributed by atoms with Crippen molar-refractivity contribution in [3.05, 3.63) is 35.4 Å². The van der Waals surface area contributed by atoms with Gasteiger partial charge in [-0.3, -0.25) is 0 Å². The second kappa shape index (κ2) is 4.11. The van der Waals surface area contributed by atoms with Crippen molar-refractivity contribution in [1.29, 1.82) is 0 Å². The first-order valence-electron chi connectivity index (χ1n) is 5.38. The van der Waals surface area contributed by atoms with Crippen LogP contribution in [-0.2, 0) is 0 Å². The van der Waals surface area contributed by atoms with Crippen LogP contribution in [0.4, 0.5) is 8.78 Å². The number of aliphatic hydroxyl groups is 1. The predicted molar refractivity (Wildman–Crippen MR) is 57.0 cm³/mol. The topological polar surface area (TPSA) is 32.3 Å². The van der Waals surface area contributed by atoms with Gasteiger partial charge in [0.05, 0.1) is 6.10 Å². The normalized spacial score (nSPS) is 19.5. The second-order valence-electron chi connectivity index (χ2n) is 4.62. The van der Waals surface area contributed by atoms with E-state index in [2.05, 4.69) is 5.32 Å². The van der Waals surface area contributed by atoms with Gasteiger partial charge >= 0.3 is 0 Å². The zero-order chi connectivity index (χ0) is 11.8. The smallest absolute Gasteiger partial charge is 0.129 e. The minimum absolute atomic E-state index is 0.0109. The van der Waals surface area contributed by atoms with Gasteiger partial charge in [-0.2, -0.15) is 0 Å². The Labute approximate surface area is 93.3 Å². The summed E-state index contributed by atoms with van der Waals surface area (Å²) in [5.74, 6) is -1.11. The molecule has 1 aromatic carbocycles. The molecule has 1 saturated carbocycles. The van der Waals surface area contributed by atoms with Crippen LogP contribution in [0, 0.1) is 11.6 Å². The van der Waals surface area contributed by atoms with E-state index in [1.54, 1.807) is 0 Å². The largest absolute Gasteiger partial charge is 0.387 e. The second-order valence-corrected chi connectivity index (χ2v) is 4.62. The highest BCUT2D eigenvalue weighted by molar-refractivity contribution is 5.21. The molecule has 0 amide bonds. The molecule has 1 atom stereocenters. The lowest BCUT2D eigenvalue weighted by Crippen LogP contribution is -2.32. The Morgan fingerprint density at radius 2 is 2.12 bits per heavy atom. The Morgan fingerprint density at radius 3 is 2.75 bits per heavy atom. The maximum atomic E-state index is 13.3. The Balaban J connectivity index is 2.01. The maximum Gasteiger partial charge on any atom is 0.129 e. The molecule has 1 aromatic rings. The van der Waals surface area contributed by atoms with Gasteiger partial charge in [-0.15, -0.1) is 0 Å². The van der Waals surface area contributed by atoms with Gasteiger partial charge in [-0.25, -0.2) is 8.78 Å². The molecule has 1 unspecified atom stereocenters. The standard InChI is InChI=1S/C12H15F2NO/c1-12(4-5-12)15-7-11(16)9-6-8(13)2-3-10(9)14/h2-3,6,11,15-16H,4-5,7H2,1H3. The number of hydrogen-bond donors (Lipinski definition) is 2. The van der Waals surface area contributed by atoms with E-state index in [0.717, 1.165) is 31.0 Å². The van der Waals surface area contributed by atoms with Crippen LogP contribution in [0.2, 0.25) is 0 Å². The van der Waals surface area contributed by atoms with E-state index in [1.807, 2.05) is 6.92 Å². The van der Waals surface area contributed by atoms with Crippen LogP contribution in [0.25, 0.3) is 0 Å². The molecule has 88 valence electrons.